The van der Waals surface area contributed by atoms with Crippen LogP contribution in [0.25, 0.3) is 0 Å². The maximum absolute atomic E-state index is 14.3. The van der Waals surface area contributed by atoms with Crippen LogP contribution in [0.1, 0.15) is 38.8 Å². The van der Waals surface area contributed by atoms with Crippen LogP contribution in [0.3, 0.4) is 0 Å². The average molecular weight is 405 g/mol. The van der Waals surface area contributed by atoms with Crippen LogP contribution in [0.5, 0.6) is 0 Å². The predicted molar refractivity (Wildman–Crippen MR) is 121 cm³/mol. The number of hydrogen-bond acceptors (Lipinski definition) is 2. The maximum Gasteiger partial charge on any atom is 0.279 e. The molecule has 1 amide bonds. The summed E-state index contributed by atoms with van der Waals surface area (Å²) < 4.78 is 14.3. The minimum atomic E-state index is -0.773. The van der Waals surface area contributed by atoms with Crippen molar-refractivity contribution in [1.82, 2.24) is 0 Å². The van der Waals surface area contributed by atoms with E-state index >= 15 is 0 Å². The van der Waals surface area contributed by atoms with Crippen molar-refractivity contribution < 1.29 is 9.28 Å². The number of carbonyl (C=O) groups is 1. The summed E-state index contributed by atoms with van der Waals surface area (Å²) in [5.74, 6) is -0.454. The number of halogens is 2. The normalized spacial score (nSPS) is 12.5. The summed E-state index contributed by atoms with van der Waals surface area (Å²) in [7, 11) is 0. The molecule has 0 unspecified atom stereocenters. The van der Waals surface area contributed by atoms with Gasteiger partial charge in [-0.05, 0) is 68.8 Å². The van der Waals surface area contributed by atoms with Crippen molar-refractivity contribution in [3.63, 3.8) is 0 Å². The Morgan fingerprint density at radius 3 is 2.36 bits per heavy atom. The van der Waals surface area contributed by atoms with Gasteiger partial charge in [-0.3, -0.25) is 9.79 Å². The summed E-state index contributed by atoms with van der Waals surface area (Å²) in [4.78, 5) is 16.1. The van der Waals surface area contributed by atoms with Crippen molar-refractivity contribution in [2.24, 2.45) is 4.99 Å². The lowest BCUT2D eigenvalue weighted by atomic mass is 10.1. The molecule has 0 atom stereocenters. The molecule has 0 aliphatic carbocycles. The Morgan fingerprint density at radius 2 is 1.86 bits per heavy atom. The fourth-order valence-corrected chi connectivity index (χ4v) is 2.43. The topological polar surface area (TPSA) is 32.7 Å². The minimum Gasteiger partial charge on any atom is -0.267 e. The third-order valence-electron chi connectivity index (χ3n) is 3.83. The Labute approximate surface area is 173 Å². The van der Waals surface area contributed by atoms with Gasteiger partial charge in [-0.25, -0.2) is 0 Å². The van der Waals surface area contributed by atoms with Gasteiger partial charge in [0.2, 0.25) is 0 Å². The Hall–Kier alpha value is -2.46. The zero-order chi connectivity index (χ0) is 21.7. The van der Waals surface area contributed by atoms with Gasteiger partial charge in [0, 0.05) is 12.0 Å². The molecule has 1 aromatic rings. The van der Waals surface area contributed by atoms with Crippen molar-refractivity contribution in [1.29, 1.82) is 0 Å². The van der Waals surface area contributed by atoms with Gasteiger partial charge in [-0.2, -0.15) is 0 Å². The predicted octanol–water partition coefficient (Wildman–Crippen LogP) is 6.82. The van der Waals surface area contributed by atoms with Crippen LogP contribution < -0.4 is 5.12 Å². The van der Waals surface area contributed by atoms with Gasteiger partial charge in [0.1, 0.15) is 0 Å². The van der Waals surface area contributed by atoms with E-state index < -0.39 is 5.91 Å². The quantitative estimate of drug-likeness (QED) is 0.161. The van der Waals surface area contributed by atoms with E-state index in [1.54, 1.807) is 31.2 Å². The standard InChI is InChI=1S/C21H24ClFN2O.C2H6/c1-6-7-18(12-13-22)21(24-5)16(3)9-11-20(26)25(23)19-10-8-15(2)17(4)14-19;1-2/h6-12,14H,5,13H2,1-4H3;1-2H3/b7-6-,11-9+,18-12+,21-16-;. The molecule has 152 valence electrons. The van der Waals surface area contributed by atoms with Crippen molar-refractivity contribution in [3.05, 3.63) is 76.5 Å². The van der Waals surface area contributed by atoms with Gasteiger partial charge >= 0.3 is 0 Å². The van der Waals surface area contributed by atoms with Crippen molar-refractivity contribution in [2.75, 3.05) is 11.0 Å². The Morgan fingerprint density at radius 1 is 1.21 bits per heavy atom. The molecule has 1 aromatic carbocycles. The number of hydrogen-bond donors (Lipinski definition) is 0. The third kappa shape index (κ3) is 7.65. The van der Waals surface area contributed by atoms with Gasteiger partial charge in [-0.15, -0.1) is 16.7 Å². The highest BCUT2D eigenvalue weighted by Crippen LogP contribution is 2.21. The summed E-state index contributed by atoms with van der Waals surface area (Å²) in [6.07, 6.45) is 8.19. The van der Waals surface area contributed by atoms with E-state index in [0.29, 0.717) is 17.2 Å². The second-order valence-electron chi connectivity index (χ2n) is 5.72. The van der Waals surface area contributed by atoms with Crippen LogP contribution in [-0.4, -0.2) is 18.5 Å². The SMILES string of the molecule is C=NC(=C(C)\C=C\C(=O)N(F)c1ccc(C)c(C)c1)/C(/C=C\C)=C/CCl.CC. The van der Waals surface area contributed by atoms with Gasteiger partial charge in [0.25, 0.3) is 5.91 Å². The molecule has 0 bridgehead atoms. The summed E-state index contributed by atoms with van der Waals surface area (Å²) in [5.41, 5.74) is 4.20. The van der Waals surface area contributed by atoms with Gasteiger partial charge < -0.3 is 0 Å². The first-order chi connectivity index (χ1) is 13.3. The molecular weight excluding hydrogens is 375 g/mol. The lowest BCUT2D eigenvalue weighted by molar-refractivity contribution is -0.116. The lowest BCUT2D eigenvalue weighted by Gasteiger charge is -2.11. The van der Waals surface area contributed by atoms with E-state index in [9.17, 15) is 9.28 Å². The summed E-state index contributed by atoms with van der Waals surface area (Å²) in [5, 5.41) is 0.124. The van der Waals surface area contributed by atoms with E-state index in [0.717, 1.165) is 16.7 Å². The number of anilines is 1. The van der Waals surface area contributed by atoms with Gasteiger partial charge in [0.05, 0.1) is 11.4 Å². The molecule has 0 aromatic heterocycles. The second-order valence-corrected chi connectivity index (χ2v) is 6.03. The van der Waals surface area contributed by atoms with E-state index in [1.165, 1.54) is 12.2 Å². The number of allylic oxidation sites excluding steroid dienone is 5. The second kappa shape index (κ2) is 13.7. The molecule has 0 spiro atoms. The molecule has 0 N–H and O–H groups in total. The van der Waals surface area contributed by atoms with Gasteiger partial charge in [0.15, 0.2) is 0 Å². The van der Waals surface area contributed by atoms with E-state index in [2.05, 4.69) is 11.7 Å². The average Bonchev–Trinajstić information content (AvgIpc) is 2.70. The van der Waals surface area contributed by atoms with Gasteiger partial charge in [-0.1, -0.05) is 48.7 Å². The minimum absolute atomic E-state index is 0.124. The molecule has 0 fully saturated rings. The number of nitrogens with zero attached hydrogens (tertiary/aromatic N) is 2. The first kappa shape index (κ1) is 25.5. The Kier molecular flexibility index (Phi) is 12.5. The molecule has 0 radical (unpaired) electrons. The molecule has 28 heavy (non-hydrogen) atoms. The van der Waals surface area contributed by atoms with Crippen molar-refractivity contribution in [2.45, 2.75) is 41.5 Å². The number of aliphatic imine (C=N–C) groups is 1. The number of carbonyl (C=O) groups excluding carboxylic acids is 1. The summed E-state index contributed by atoms with van der Waals surface area (Å²) in [6, 6.07) is 4.98. The molecule has 0 heterocycles. The van der Waals surface area contributed by atoms with E-state index in [4.69, 9.17) is 11.6 Å². The fourth-order valence-electron chi connectivity index (χ4n) is 2.27. The van der Waals surface area contributed by atoms with Crippen LogP contribution in [0.2, 0.25) is 0 Å². The smallest absolute Gasteiger partial charge is 0.267 e. The highest BCUT2D eigenvalue weighted by molar-refractivity contribution is 6.19. The zero-order valence-electron chi connectivity index (χ0n) is 17.6. The molecule has 5 heteroatoms. The van der Waals surface area contributed by atoms with Crippen LogP contribution in [-0.2, 0) is 4.79 Å². The summed E-state index contributed by atoms with van der Waals surface area (Å²) in [6.45, 7) is 15.0. The molecular formula is C23H30ClFN2O. The van der Waals surface area contributed by atoms with E-state index in [-0.39, 0.29) is 10.8 Å². The summed E-state index contributed by atoms with van der Waals surface area (Å²) >= 11 is 5.78. The van der Waals surface area contributed by atoms with Crippen molar-refractivity contribution >= 4 is 29.9 Å². The maximum atomic E-state index is 14.3. The molecule has 0 saturated heterocycles. The van der Waals surface area contributed by atoms with Crippen LogP contribution in [0, 0.1) is 13.8 Å². The highest BCUT2D eigenvalue weighted by Gasteiger charge is 2.13. The van der Waals surface area contributed by atoms with Crippen molar-refractivity contribution in [3.8, 4) is 0 Å². The first-order valence-corrected chi connectivity index (χ1v) is 9.71. The van der Waals surface area contributed by atoms with E-state index in [1.807, 2.05) is 46.8 Å². The van der Waals surface area contributed by atoms with Crippen LogP contribution in [0.15, 0.2) is 70.4 Å². The number of alkyl halides is 1. The molecule has 3 nitrogen and oxygen atoms in total. The van der Waals surface area contributed by atoms with Crippen LogP contribution >= 0.6 is 11.6 Å². The largest absolute Gasteiger partial charge is 0.279 e. The highest BCUT2D eigenvalue weighted by atomic mass is 35.5. The fraction of sp³-hybridized carbons (Fsp3) is 0.304. The molecule has 0 aliphatic rings. The number of benzene rings is 1. The Bertz CT molecular complexity index is 792. The molecule has 1 rings (SSSR count). The third-order valence-corrected chi connectivity index (χ3v) is 3.99. The number of amides is 1. The number of rotatable bonds is 7. The first-order valence-electron chi connectivity index (χ1n) is 9.17. The molecule has 0 saturated carbocycles. The monoisotopic (exact) mass is 404 g/mol. The van der Waals surface area contributed by atoms with Crippen LogP contribution in [0.4, 0.5) is 10.2 Å². The number of aryl methyl sites for hydroxylation is 2. The molecule has 0 aliphatic heterocycles. The lowest BCUT2D eigenvalue weighted by Crippen LogP contribution is -2.19. The zero-order valence-corrected chi connectivity index (χ0v) is 18.3. The Balaban J connectivity index is 0.00000352.